The summed E-state index contributed by atoms with van der Waals surface area (Å²) in [6, 6.07) is 6.22. The van der Waals surface area contributed by atoms with Gasteiger partial charge in [-0.2, -0.15) is 0 Å². The van der Waals surface area contributed by atoms with Crippen LogP contribution >= 0.6 is 11.8 Å². The number of halogens is 1. The van der Waals surface area contributed by atoms with E-state index in [9.17, 15) is 9.18 Å². The van der Waals surface area contributed by atoms with Crippen molar-refractivity contribution in [3.05, 3.63) is 30.1 Å². The molecular formula is C20H27FN4O2S. The number of nitrogens with one attached hydrogen (secondary N) is 1. The summed E-state index contributed by atoms with van der Waals surface area (Å²) in [4.78, 5) is 12.1. The van der Waals surface area contributed by atoms with Crippen molar-refractivity contribution in [3.63, 3.8) is 0 Å². The SMILES string of the molecule is CCCCCNC(=O)CSc1nnc(-c2ccc(F)cc2)n1CC1CCCO1. The number of carbonyl (C=O) groups excluding carboxylic acids is 1. The predicted molar refractivity (Wildman–Crippen MR) is 108 cm³/mol. The van der Waals surface area contributed by atoms with Crippen LogP contribution in [0.1, 0.15) is 39.0 Å². The third-order valence-corrected chi connectivity index (χ3v) is 5.63. The number of benzene rings is 1. The quantitative estimate of drug-likeness (QED) is 0.482. The highest BCUT2D eigenvalue weighted by molar-refractivity contribution is 7.99. The maximum absolute atomic E-state index is 13.3. The second-order valence-corrected chi connectivity index (χ2v) is 7.85. The monoisotopic (exact) mass is 406 g/mol. The normalized spacial score (nSPS) is 16.4. The van der Waals surface area contributed by atoms with E-state index in [1.165, 1.54) is 23.9 Å². The van der Waals surface area contributed by atoms with Gasteiger partial charge in [0.1, 0.15) is 5.82 Å². The van der Waals surface area contributed by atoms with Crippen molar-refractivity contribution >= 4 is 17.7 Å². The fourth-order valence-corrected chi connectivity index (χ4v) is 3.93. The average molecular weight is 407 g/mol. The molecule has 1 unspecified atom stereocenters. The zero-order chi connectivity index (χ0) is 19.8. The van der Waals surface area contributed by atoms with Crippen LogP contribution in [0.15, 0.2) is 29.4 Å². The third-order valence-electron chi connectivity index (χ3n) is 4.66. The van der Waals surface area contributed by atoms with E-state index < -0.39 is 0 Å². The summed E-state index contributed by atoms with van der Waals surface area (Å²) in [7, 11) is 0. The van der Waals surface area contributed by atoms with Crippen molar-refractivity contribution in [2.45, 2.75) is 56.8 Å². The standard InChI is InChI=1S/C20H27FN4O2S/c1-2-3-4-11-22-18(26)14-28-20-24-23-19(15-7-9-16(21)10-8-15)25(20)13-17-6-5-12-27-17/h7-10,17H,2-6,11-14H2,1H3,(H,22,26). The van der Waals surface area contributed by atoms with Gasteiger partial charge < -0.3 is 10.1 Å². The van der Waals surface area contributed by atoms with Gasteiger partial charge in [-0.05, 0) is 43.5 Å². The van der Waals surface area contributed by atoms with Gasteiger partial charge in [0.05, 0.1) is 18.4 Å². The minimum absolute atomic E-state index is 0.00361. The Morgan fingerprint density at radius 1 is 1.32 bits per heavy atom. The van der Waals surface area contributed by atoms with Crippen LogP contribution in [-0.2, 0) is 16.1 Å². The molecule has 0 aliphatic carbocycles. The first-order chi connectivity index (χ1) is 13.7. The number of aromatic nitrogens is 3. The largest absolute Gasteiger partial charge is 0.376 e. The predicted octanol–water partition coefficient (Wildman–Crippen LogP) is 3.66. The van der Waals surface area contributed by atoms with E-state index in [4.69, 9.17) is 4.74 Å². The summed E-state index contributed by atoms with van der Waals surface area (Å²) in [5.41, 5.74) is 0.794. The molecule has 1 amide bonds. The van der Waals surface area contributed by atoms with Crippen molar-refractivity contribution in [2.24, 2.45) is 0 Å². The third kappa shape index (κ3) is 5.78. The summed E-state index contributed by atoms with van der Waals surface area (Å²) in [5, 5.41) is 12.2. The van der Waals surface area contributed by atoms with Gasteiger partial charge >= 0.3 is 0 Å². The molecule has 1 aliphatic rings. The van der Waals surface area contributed by atoms with Crippen molar-refractivity contribution in [2.75, 3.05) is 18.9 Å². The first kappa shape index (κ1) is 20.8. The maximum Gasteiger partial charge on any atom is 0.230 e. The molecule has 0 bridgehead atoms. The molecule has 1 saturated heterocycles. The second kappa shape index (κ2) is 10.6. The van der Waals surface area contributed by atoms with Crippen LogP contribution in [0.4, 0.5) is 4.39 Å². The van der Waals surface area contributed by atoms with E-state index in [1.807, 2.05) is 4.57 Å². The highest BCUT2D eigenvalue weighted by Gasteiger charge is 2.22. The molecule has 1 aromatic heterocycles. The molecule has 1 aliphatic heterocycles. The Morgan fingerprint density at radius 2 is 2.14 bits per heavy atom. The van der Waals surface area contributed by atoms with Gasteiger partial charge in [0.25, 0.3) is 0 Å². The van der Waals surface area contributed by atoms with E-state index >= 15 is 0 Å². The Bertz CT molecular complexity index is 760. The topological polar surface area (TPSA) is 69.0 Å². The zero-order valence-electron chi connectivity index (χ0n) is 16.2. The number of amides is 1. The summed E-state index contributed by atoms with van der Waals surface area (Å²) in [6.07, 6.45) is 5.38. The van der Waals surface area contributed by atoms with Crippen LogP contribution < -0.4 is 5.32 Å². The van der Waals surface area contributed by atoms with Crippen LogP contribution in [0.3, 0.4) is 0 Å². The van der Waals surface area contributed by atoms with Crippen molar-refractivity contribution in [3.8, 4) is 11.4 Å². The van der Waals surface area contributed by atoms with Gasteiger partial charge in [-0.3, -0.25) is 9.36 Å². The molecule has 28 heavy (non-hydrogen) atoms. The Hall–Kier alpha value is -1.93. The number of hydrogen-bond acceptors (Lipinski definition) is 5. The number of unbranched alkanes of at least 4 members (excludes halogenated alkanes) is 2. The fourth-order valence-electron chi connectivity index (χ4n) is 3.15. The van der Waals surface area contributed by atoms with Crippen molar-refractivity contribution in [1.82, 2.24) is 20.1 Å². The number of rotatable bonds is 10. The maximum atomic E-state index is 13.3. The first-order valence-electron chi connectivity index (χ1n) is 9.87. The van der Waals surface area contributed by atoms with Crippen LogP contribution in [0.5, 0.6) is 0 Å². The highest BCUT2D eigenvalue weighted by atomic mass is 32.2. The molecule has 0 saturated carbocycles. The minimum atomic E-state index is -0.289. The van der Waals surface area contributed by atoms with Gasteiger partial charge in [0.2, 0.25) is 5.91 Å². The molecule has 0 spiro atoms. The molecular weight excluding hydrogens is 379 g/mol. The smallest absolute Gasteiger partial charge is 0.230 e. The van der Waals surface area contributed by atoms with Crippen molar-refractivity contribution in [1.29, 1.82) is 0 Å². The van der Waals surface area contributed by atoms with Gasteiger partial charge in [-0.15, -0.1) is 10.2 Å². The summed E-state index contributed by atoms with van der Waals surface area (Å²) < 4.78 is 21.0. The first-order valence-corrected chi connectivity index (χ1v) is 10.9. The number of ether oxygens (including phenoxy) is 1. The Morgan fingerprint density at radius 3 is 2.86 bits per heavy atom. The van der Waals surface area contributed by atoms with Crippen LogP contribution in [0.25, 0.3) is 11.4 Å². The molecule has 6 nitrogen and oxygen atoms in total. The van der Waals surface area contributed by atoms with Crippen molar-refractivity contribution < 1.29 is 13.9 Å². The van der Waals surface area contributed by atoms with E-state index in [0.29, 0.717) is 29.8 Å². The molecule has 2 aromatic rings. The fraction of sp³-hybridized carbons (Fsp3) is 0.550. The molecule has 8 heteroatoms. The zero-order valence-corrected chi connectivity index (χ0v) is 17.0. The molecule has 1 fully saturated rings. The summed E-state index contributed by atoms with van der Waals surface area (Å²) >= 11 is 1.37. The molecule has 1 N–H and O–H groups in total. The van der Waals surface area contributed by atoms with E-state index in [0.717, 1.165) is 44.3 Å². The molecule has 1 aromatic carbocycles. The highest BCUT2D eigenvalue weighted by Crippen LogP contribution is 2.26. The lowest BCUT2D eigenvalue weighted by Crippen LogP contribution is -2.26. The lowest BCUT2D eigenvalue weighted by molar-refractivity contribution is -0.118. The number of carbonyl (C=O) groups is 1. The minimum Gasteiger partial charge on any atom is -0.376 e. The number of hydrogen-bond donors (Lipinski definition) is 1. The van der Waals surface area contributed by atoms with Gasteiger partial charge in [0.15, 0.2) is 11.0 Å². The van der Waals surface area contributed by atoms with E-state index in [1.54, 1.807) is 12.1 Å². The van der Waals surface area contributed by atoms with Crippen LogP contribution in [0.2, 0.25) is 0 Å². The van der Waals surface area contributed by atoms with Gasteiger partial charge in [-0.1, -0.05) is 31.5 Å². The van der Waals surface area contributed by atoms with Gasteiger partial charge in [-0.25, -0.2) is 4.39 Å². The van der Waals surface area contributed by atoms with E-state index in [-0.39, 0.29) is 17.8 Å². The molecule has 1 atom stereocenters. The van der Waals surface area contributed by atoms with Crippen LogP contribution in [0, 0.1) is 5.82 Å². The lowest BCUT2D eigenvalue weighted by atomic mass is 10.2. The van der Waals surface area contributed by atoms with E-state index in [2.05, 4.69) is 22.4 Å². The number of nitrogens with zero attached hydrogens (tertiary/aromatic N) is 3. The molecule has 0 radical (unpaired) electrons. The molecule has 2 heterocycles. The lowest BCUT2D eigenvalue weighted by Gasteiger charge is -2.14. The second-order valence-electron chi connectivity index (χ2n) is 6.90. The number of thioether (sulfide) groups is 1. The Labute approximate surface area is 169 Å². The van der Waals surface area contributed by atoms with Crippen LogP contribution in [-0.4, -0.2) is 45.7 Å². The Balaban J connectivity index is 1.69. The molecule has 152 valence electrons. The summed E-state index contributed by atoms with van der Waals surface area (Å²) in [5.74, 6) is 0.667. The average Bonchev–Trinajstić information content (AvgIpc) is 3.35. The van der Waals surface area contributed by atoms with Gasteiger partial charge in [0, 0.05) is 18.7 Å². The Kier molecular flexibility index (Phi) is 7.85. The summed E-state index contributed by atoms with van der Waals surface area (Å²) in [6.45, 7) is 4.23. The molecule has 3 rings (SSSR count).